The van der Waals surface area contributed by atoms with Gasteiger partial charge in [-0.1, -0.05) is 48.5 Å². The molecule has 1 aliphatic rings. The van der Waals surface area contributed by atoms with E-state index in [-0.39, 0.29) is 12.6 Å². The number of carbonyl (C=O) groups is 1. The highest BCUT2D eigenvalue weighted by molar-refractivity contribution is 5.94. The van der Waals surface area contributed by atoms with E-state index in [2.05, 4.69) is 4.99 Å². The molecule has 0 N–H and O–H groups in total. The molecule has 1 unspecified atom stereocenters. The molecule has 1 atom stereocenters. The zero-order valence-electron chi connectivity index (χ0n) is 20.5. The minimum atomic E-state index is -0.610. The molecular weight excluding hydrogens is 444 g/mol. The average Bonchev–Trinajstić information content (AvgIpc) is 2.85. The van der Waals surface area contributed by atoms with Crippen molar-refractivity contribution in [3.8, 4) is 5.75 Å². The lowest BCUT2D eigenvalue weighted by molar-refractivity contribution is -0.325. The van der Waals surface area contributed by atoms with Crippen molar-refractivity contribution < 1.29 is 24.3 Å². The first-order valence-electron chi connectivity index (χ1n) is 11.5. The number of rotatable bonds is 9. The topological polar surface area (TPSA) is 69.6 Å². The number of aryl methyl sites for hydroxylation is 2. The van der Waals surface area contributed by atoms with Crippen LogP contribution in [0.1, 0.15) is 36.1 Å². The molecule has 0 aliphatic carbocycles. The Morgan fingerprint density at radius 2 is 1.60 bits per heavy atom. The Labute approximate surface area is 205 Å². The minimum absolute atomic E-state index is 0.0130. The summed E-state index contributed by atoms with van der Waals surface area (Å²) in [5.74, 6) is 0.990. The number of para-hydroxylation sites is 1. The van der Waals surface area contributed by atoms with E-state index in [1.165, 1.54) is 0 Å². The van der Waals surface area contributed by atoms with Crippen molar-refractivity contribution in [3.05, 3.63) is 95.1 Å². The van der Waals surface area contributed by atoms with Crippen LogP contribution in [0.15, 0.2) is 77.8 Å². The Hall–Kier alpha value is -3.68. The van der Waals surface area contributed by atoms with Gasteiger partial charge in [0.2, 0.25) is 11.8 Å². The standard InChI is InChI=1S/C28H30N2O5/c1-20-15-24(29-22(3)34-35-25-13-9-6-10-14-25)16-21(2)26(20)28(4)18-30(27(28)31)19-33-32-17-23-11-7-5-8-12-23/h5-16H,17-19H2,1-4H3. The van der Waals surface area contributed by atoms with Crippen molar-refractivity contribution in [2.24, 2.45) is 4.99 Å². The van der Waals surface area contributed by atoms with Crippen molar-refractivity contribution >= 4 is 17.5 Å². The van der Waals surface area contributed by atoms with Gasteiger partial charge in [0.25, 0.3) is 0 Å². The molecule has 0 spiro atoms. The van der Waals surface area contributed by atoms with Gasteiger partial charge in [0.1, 0.15) is 6.61 Å². The monoisotopic (exact) mass is 474 g/mol. The fraction of sp³-hybridized carbons (Fsp3) is 0.286. The molecule has 182 valence electrons. The quantitative estimate of drug-likeness (QED) is 0.101. The SMILES string of the molecule is CC(=Nc1cc(C)c(C2(C)CN(COOCc3ccccc3)C2=O)c(C)c1)OOc1ccccc1. The van der Waals surface area contributed by atoms with E-state index in [0.717, 1.165) is 27.9 Å². The van der Waals surface area contributed by atoms with Crippen LogP contribution in [0, 0.1) is 13.8 Å². The van der Waals surface area contributed by atoms with Gasteiger partial charge in [-0.05, 0) is 67.3 Å². The molecule has 0 radical (unpaired) electrons. The zero-order chi connectivity index (χ0) is 24.8. The van der Waals surface area contributed by atoms with Crippen molar-refractivity contribution in [2.45, 2.75) is 39.7 Å². The van der Waals surface area contributed by atoms with Crippen LogP contribution in [0.3, 0.4) is 0 Å². The third-order valence-corrected chi connectivity index (χ3v) is 5.98. The summed E-state index contributed by atoms with van der Waals surface area (Å²) < 4.78 is 0. The van der Waals surface area contributed by atoms with Crippen molar-refractivity contribution in [1.82, 2.24) is 4.90 Å². The fourth-order valence-electron chi connectivity index (χ4n) is 4.51. The van der Waals surface area contributed by atoms with Crippen molar-refractivity contribution in [1.29, 1.82) is 0 Å². The van der Waals surface area contributed by atoms with Gasteiger partial charge in [-0.3, -0.25) is 14.6 Å². The highest BCUT2D eigenvalue weighted by Crippen LogP contribution is 2.40. The maximum Gasteiger partial charge on any atom is 0.243 e. The van der Waals surface area contributed by atoms with Crippen LogP contribution in [-0.4, -0.2) is 30.0 Å². The number of hydrogen-bond donors (Lipinski definition) is 0. The summed E-state index contributed by atoms with van der Waals surface area (Å²) >= 11 is 0. The molecule has 1 saturated heterocycles. The number of benzene rings is 3. The Kier molecular flexibility index (Phi) is 7.48. The number of likely N-dealkylation sites (tertiary alicyclic amines) is 1. The lowest BCUT2D eigenvalue weighted by atomic mass is 9.71. The van der Waals surface area contributed by atoms with Crippen LogP contribution in [-0.2, 0) is 31.5 Å². The third-order valence-electron chi connectivity index (χ3n) is 5.98. The third kappa shape index (κ3) is 5.70. The highest BCUT2D eigenvalue weighted by atomic mass is 17.2. The number of hydrogen-bond acceptors (Lipinski definition) is 6. The van der Waals surface area contributed by atoms with Crippen LogP contribution in [0.4, 0.5) is 5.69 Å². The summed E-state index contributed by atoms with van der Waals surface area (Å²) in [4.78, 5) is 40.4. The van der Waals surface area contributed by atoms with Gasteiger partial charge in [-0.2, -0.15) is 0 Å². The van der Waals surface area contributed by atoms with Gasteiger partial charge in [-0.25, -0.2) is 14.8 Å². The zero-order valence-corrected chi connectivity index (χ0v) is 20.5. The number of carbonyl (C=O) groups excluding carboxylic acids is 1. The fourth-order valence-corrected chi connectivity index (χ4v) is 4.51. The average molecular weight is 475 g/mol. The molecule has 3 aromatic carbocycles. The molecule has 7 heteroatoms. The van der Waals surface area contributed by atoms with Gasteiger partial charge >= 0.3 is 0 Å². The van der Waals surface area contributed by atoms with Crippen LogP contribution in [0.5, 0.6) is 5.75 Å². The summed E-state index contributed by atoms with van der Waals surface area (Å²) in [6.45, 7) is 8.68. The first kappa shape index (κ1) is 24.4. The number of β-lactam (4-membered cyclic amide) rings is 1. The number of aliphatic imine (C=N–C) groups is 1. The van der Waals surface area contributed by atoms with Crippen molar-refractivity contribution in [2.75, 3.05) is 13.3 Å². The van der Waals surface area contributed by atoms with Crippen molar-refractivity contribution in [3.63, 3.8) is 0 Å². The van der Waals surface area contributed by atoms with Gasteiger partial charge in [0.05, 0.1) is 11.1 Å². The second-order valence-corrected chi connectivity index (χ2v) is 8.90. The molecule has 1 amide bonds. The maximum absolute atomic E-state index is 13.1. The second kappa shape index (κ2) is 10.7. The summed E-state index contributed by atoms with van der Waals surface area (Å²) in [5.41, 5.74) is 4.15. The highest BCUT2D eigenvalue weighted by Gasteiger charge is 2.51. The van der Waals surface area contributed by atoms with Gasteiger partial charge in [0, 0.05) is 13.5 Å². The van der Waals surface area contributed by atoms with E-state index in [0.29, 0.717) is 24.8 Å². The van der Waals surface area contributed by atoms with Gasteiger partial charge in [0.15, 0.2) is 12.5 Å². The predicted octanol–water partition coefficient (Wildman–Crippen LogP) is 5.57. The molecular formula is C28H30N2O5. The van der Waals surface area contributed by atoms with E-state index >= 15 is 0 Å². The van der Waals surface area contributed by atoms with Gasteiger partial charge in [-0.15, -0.1) is 0 Å². The first-order valence-corrected chi connectivity index (χ1v) is 11.5. The Morgan fingerprint density at radius 1 is 0.971 bits per heavy atom. The Balaban J connectivity index is 1.35. The molecule has 3 aromatic rings. The Morgan fingerprint density at radius 3 is 2.23 bits per heavy atom. The normalized spacial score (nSPS) is 17.8. The largest absolute Gasteiger partial charge is 0.314 e. The van der Waals surface area contributed by atoms with Crippen LogP contribution < -0.4 is 4.89 Å². The lowest BCUT2D eigenvalue weighted by Crippen LogP contribution is -2.63. The Bertz CT molecular complexity index is 1170. The van der Waals surface area contributed by atoms with E-state index in [4.69, 9.17) is 19.6 Å². The molecule has 1 fully saturated rings. The minimum Gasteiger partial charge on any atom is -0.314 e. The summed E-state index contributed by atoms with van der Waals surface area (Å²) in [5, 5.41) is 0. The molecule has 0 saturated carbocycles. The van der Waals surface area contributed by atoms with E-state index in [1.54, 1.807) is 24.0 Å². The number of nitrogens with zero attached hydrogens (tertiary/aromatic N) is 2. The van der Waals surface area contributed by atoms with Gasteiger partial charge < -0.3 is 4.90 Å². The van der Waals surface area contributed by atoms with Crippen LogP contribution in [0.25, 0.3) is 0 Å². The van der Waals surface area contributed by atoms with Crippen LogP contribution >= 0.6 is 0 Å². The van der Waals surface area contributed by atoms with Crippen LogP contribution in [0.2, 0.25) is 0 Å². The maximum atomic E-state index is 13.1. The number of amides is 1. The van der Waals surface area contributed by atoms with E-state index in [9.17, 15) is 4.79 Å². The molecule has 4 rings (SSSR count). The van der Waals surface area contributed by atoms with E-state index < -0.39 is 5.41 Å². The second-order valence-electron chi connectivity index (χ2n) is 8.90. The lowest BCUT2D eigenvalue weighted by Gasteiger charge is -2.47. The predicted molar refractivity (Wildman–Crippen MR) is 133 cm³/mol. The summed E-state index contributed by atoms with van der Waals surface area (Å²) in [6, 6.07) is 22.9. The molecule has 35 heavy (non-hydrogen) atoms. The summed E-state index contributed by atoms with van der Waals surface area (Å²) in [7, 11) is 0. The molecule has 1 aliphatic heterocycles. The molecule has 7 nitrogen and oxygen atoms in total. The summed E-state index contributed by atoms with van der Waals surface area (Å²) in [6.07, 6.45) is 0. The first-order chi connectivity index (χ1) is 16.9. The van der Waals surface area contributed by atoms with E-state index in [1.807, 2.05) is 81.4 Å². The molecule has 1 heterocycles. The molecule has 0 bridgehead atoms. The smallest absolute Gasteiger partial charge is 0.243 e. The molecule has 0 aromatic heterocycles.